The molecule has 0 radical (unpaired) electrons. The number of hydrogen-bond acceptors (Lipinski definition) is 6. The lowest BCUT2D eigenvalue weighted by molar-refractivity contribution is -0.289. The molecule has 1 atom stereocenters. The van der Waals surface area contributed by atoms with Gasteiger partial charge in [-0.15, -0.1) is 0 Å². The average molecular weight is 382 g/mol. The van der Waals surface area contributed by atoms with Crippen molar-refractivity contribution in [2.24, 2.45) is 10.8 Å². The molecule has 6 nitrogen and oxygen atoms in total. The highest BCUT2D eigenvalue weighted by Crippen LogP contribution is 2.41. The van der Waals surface area contributed by atoms with Gasteiger partial charge in [-0.05, 0) is 19.3 Å². The molecule has 0 aliphatic carbocycles. The molecule has 0 spiro atoms. The third kappa shape index (κ3) is 6.47. The van der Waals surface area contributed by atoms with Crippen LogP contribution in [0.2, 0.25) is 0 Å². The van der Waals surface area contributed by atoms with Crippen LogP contribution in [0.3, 0.4) is 0 Å². The second-order valence-corrected chi connectivity index (χ2v) is 7.25. The van der Waals surface area contributed by atoms with Crippen LogP contribution >= 0.6 is 0 Å². The van der Waals surface area contributed by atoms with E-state index in [0.717, 1.165) is 38.2 Å². The molecule has 1 saturated heterocycles. The molecule has 1 heterocycles. The SMILES string of the molecule is C=CC(=O)OCC1(CC)COC(C(CC)(CCCC)COC(=O)C=C)OC1. The second kappa shape index (κ2) is 11.2. The quantitative estimate of drug-likeness (QED) is 0.378. The minimum Gasteiger partial charge on any atom is -0.462 e. The first-order valence-corrected chi connectivity index (χ1v) is 9.72. The fourth-order valence-electron chi connectivity index (χ4n) is 3.13. The fraction of sp³-hybridized carbons (Fsp3) is 0.714. The van der Waals surface area contributed by atoms with Crippen molar-refractivity contribution in [2.75, 3.05) is 26.4 Å². The van der Waals surface area contributed by atoms with Crippen LogP contribution in [-0.2, 0) is 28.5 Å². The van der Waals surface area contributed by atoms with Gasteiger partial charge >= 0.3 is 11.9 Å². The van der Waals surface area contributed by atoms with Crippen molar-refractivity contribution in [1.82, 2.24) is 0 Å². The van der Waals surface area contributed by atoms with E-state index in [0.29, 0.717) is 13.2 Å². The lowest BCUT2D eigenvalue weighted by Crippen LogP contribution is -2.52. The summed E-state index contributed by atoms with van der Waals surface area (Å²) >= 11 is 0. The summed E-state index contributed by atoms with van der Waals surface area (Å²) in [5.41, 5.74) is -0.788. The van der Waals surface area contributed by atoms with E-state index in [4.69, 9.17) is 18.9 Å². The summed E-state index contributed by atoms with van der Waals surface area (Å²) < 4.78 is 22.8. The first-order chi connectivity index (χ1) is 12.9. The average Bonchev–Trinajstić information content (AvgIpc) is 2.72. The van der Waals surface area contributed by atoms with Crippen LogP contribution in [0.4, 0.5) is 0 Å². The van der Waals surface area contributed by atoms with E-state index in [1.54, 1.807) is 0 Å². The van der Waals surface area contributed by atoms with Crippen LogP contribution < -0.4 is 0 Å². The van der Waals surface area contributed by atoms with Crippen LogP contribution in [0.1, 0.15) is 52.9 Å². The van der Waals surface area contributed by atoms with Crippen molar-refractivity contribution in [3.63, 3.8) is 0 Å². The van der Waals surface area contributed by atoms with Gasteiger partial charge in [0.25, 0.3) is 0 Å². The van der Waals surface area contributed by atoms with E-state index >= 15 is 0 Å². The molecule has 0 bridgehead atoms. The number of unbranched alkanes of at least 4 members (excludes halogenated alkanes) is 1. The molecule has 1 unspecified atom stereocenters. The molecule has 0 amide bonds. The molecule has 27 heavy (non-hydrogen) atoms. The van der Waals surface area contributed by atoms with E-state index in [2.05, 4.69) is 27.0 Å². The van der Waals surface area contributed by atoms with Gasteiger partial charge < -0.3 is 18.9 Å². The Hall–Kier alpha value is -1.66. The van der Waals surface area contributed by atoms with Crippen molar-refractivity contribution >= 4 is 11.9 Å². The van der Waals surface area contributed by atoms with Crippen molar-refractivity contribution in [2.45, 2.75) is 59.2 Å². The molecule has 0 aromatic rings. The first-order valence-electron chi connectivity index (χ1n) is 9.72. The van der Waals surface area contributed by atoms with Crippen LogP contribution in [0, 0.1) is 10.8 Å². The van der Waals surface area contributed by atoms with E-state index in [9.17, 15) is 9.59 Å². The van der Waals surface area contributed by atoms with Gasteiger partial charge in [0.1, 0.15) is 13.2 Å². The van der Waals surface area contributed by atoms with Gasteiger partial charge in [-0.2, -0.15) is 0 Å². The maximum atomic E-state index is 11.6. The van der Waals surface area contributed by atoms with Crippen LogP contribution in [0.5, 0.6) is 0 Å². The van der Waals surface area contributed by atoms with Crippen LogP contribution in [0.25, 0.3) is 0 Å². The molecule has 0 aromatic heterocycles. The zero-order valence-corrected chi connectivity index (χ0v) is 17.0. The normalized spacial score (nSPS) is 24.5. The van der Waals surface area contributed by atoms with E-state index in [1.165, 1.54) is 6.08 Å². The fourth-order valence-corrected chi connectivity index (χ4v) is 3.13. The van der Waals surface area contributed by atoms with Crippen molar-refractivity contribution in [3.8, 4) is 0 Å². The number of carbonyl (C=O) groups excluding carboxylic acids is 2. The van der Waals surface area contributed by atoms with Crippen LogP contribution in [0.15, 0.2) is 25.3 Å². The van der Waals surface area contributed by atoms with E-state index < -0.39 is 23.6 Å². The number of esters is 2. The summed E-state index contributed by atoms with van der Waals surface area (Å²) in [4.78, 5) is 23.0. The minimum atomic E-state index is -0.471. The first kappa shape index (κ1) is 23.4. The van der Waals surface area contributed by atoms with Gasteiger partial charge in [0.2, 0.25) is 0 Å². The smallest absolute Gasteiger partial charge is 0.330 e. The Labute approximate surface area is 162 Å². The molecule has 0 N–H and O–H groups in total. The summed E-state index contributed by atoms with van der Waals surface area (Å²) in [5, 5.41) is 0. The van der Waals surface area contributed by atoms with Crippen LogP contribution in [-0.4, -0.2) is 44.7 Å². The third-order valence-electron chi connectivity index (χ3n) is 5.42. The summed E-state index contributed by atoms with van der Waals surface area (Å²) in [6.45, 7) is 14.3. The highest BCUT2D eigenvalue weighted by molar-refractivity contribution is 5.81. The minimum absolute atomic E-state index is 0.223. The molecule has 6 heteroatoms. The third-order valence-corrected chi connectivity index (χ3v) is 5.42. The summed E-state index contributed by atoms with van der Waals surface area (Å²) in [6, 6.07) is 0. The second-order valence-electron chi connectivity index (χ2n) is 7.25. The van der Waals surface area contributed by atoms with Crippen molar-refractivity contribution in [3.05, 3.63) is 25.3 Å². The van der Waals surface area contributed by atoms with Gasteiger partial charge in [-0.25, -0.2) is 9.59 Å². The Balaban J connectivity index is 2.83. The Kier molecular flexibility index (Phi) is 9.74. The number of carbonyl (C=O) groups is 2. The Morgan fingerprint density at radius 3 is 2.19 bits per heavy atom. The zero-order valence-electron chi connectivity index (χ0n) is 17.0. The number of ether oxygens (including phenoxy) is 4. The number of hydrogen-bond donors (Lipinski definition) is 0. The largest absolute Gasteiger partial charge is 0.462 e. The molecule has 1 rings (SSSR count). The molecule has 0 saturated carbocycles. The standard InChI is InChI=1S/C21H34O6/c1-6-11-12-21(10-5,16-25-18(23)8-3)19-26-14-20(9-4,15-27-19)13-24-17(22)7-2/h7-8,19H,2-3,6,9-16H2,1,4-5H3. The summed E-state index contributed by atoms with van der Waals surface area (Å²) in [5.74, 6) is -0.897. The van der Waals surface area contributed by atoms with Gasteiger partial charge in [-0.3, -0.25) is 0 Å². The van der Waals surface area contributed by atoms with E-state index in [-0.39, 0.29) is 18.6 Å². The van der Waals surface area contributed by atoms with Gasteiger partial charge in [0, 0.05) is 12.2 Å². The van der Waals surface area contributed by atoms with Crippen molar-refractivity contribution < 1.29 is 28.5 Å². The molecule has 1 fully saturated rings. The number of rotatable bonds is 12. The summed E-state index contributed by atoms with van der Waals surface area (Å²) in [7, 11) is 0. The molecule has 0 aromatic carbocycles. The predicted octanol–water partition coefficient (Wildman–Crippen LogP) is 3.80. The van der Waals surface area contributed by atoms with Gasteiger partial charge in [-0.1, -0.05) is 46.8 Å². The summed E-state index contributed by atoms with van der Waals surface area (Å²) in [6.07, 6.45) is 6.20. The topological polar surface area (TPSA) is 71.1 Å². The monoisotopic (exact) mass is 382 g/mol. The Morgan fingerprint density at radius 1 is 1.11 bits per heavy atom. The molecule has 1 aliphatic heterocycles. The maximum absolute atomic E-state index is 11.6. The molecular weight excluding hydrogens is 348 g/mol. The Bertz CT molecular complexity index is 507. The lowest BCUT2D eigenvalue weighted by Gasteiger charge is -2.46. The maximum Gasteiger partial charge on any atom is 0.330 e. The Morgan fingerprint density at radius 2 is 1.70 bits per heavy atom. The molecule has 1 aliphatic rings. The highest BCUT2D eigenvalue weighted by Gasteiger charge is 2.46. The van der Waals surface area contributed by atoms with E-state index in [1.807, 2.05) is 6.92 Å². The van der Waals surface area contributed by atoms with Gasteiger partial charge in [0.15, 0.2) is 6.29 Å². The highest BCUT2D eigenvalue weighted by atomic mass is 16.7. The zero-order chi connectivity index (χ0) is 20.3. The van der Waals surface area contributed by atoms with Crippen molar-refractivity contribution in [1.29, 1.82) is 0 Å². The predicted molar refractivity (Wildman–Crippen MR) is 103 cm³/mol. The van der Waals surface area contributed by atoms with Gasteiger partial charge in [0.05, 0.1) is 24.0 Å². The molecule has 154 valence electrons. The molecular formula is C21H34O6. The lowest BCUT2D eigenvalue weighted by atomic mass is 9.78.